The van der Waals surface area contributed by atoms with Crippen LogP contribution in [0.4, 0.5) is 5.69 Å². The summed E-state index contributed by atoms with van der Waals surface area (Å²) < 4.78 is 0. The molecule has 2 rings (SSSR count). The van der Waals surface area contributed by atoms with Crippen LogP contribution in [0.1, 0.15) is 15.9 Å². The van der Waals surface area contributed by atoms with Crippen molar-refractivity contribution in [3.05, 3.63) is 70.6 Å². The second-order valence-electron chi connectivity index (χ2n) is 3.72. The molecule has 0 spiro atoms. The normalized spacial score (nSPS) is 9.88. The number of carbonyl (C=O) groups excluding carboxylic acids is 1. The summed E-state index contributed by atoms with van der Waals surface area (Å²) in [5.74, 6) is 0.0358. The molecule has 0 aromatic heterocycles. The lowest BCUT2D eigenvalue weighted by Crippen LogP contribution is -2.02. The highest BCUT2D eigenvalue weighted by molar-refractivity contribution is 5.97. The topological polar surface area (TPSA) is 46.5 Å². The van der Waals surface area contributed by atoms with Crippen LogP contribution >= 0.6 is 0 Å². The largest absolute Gasteiger partial charge is 0.294 e. The van der Waals surface area contributed by atoms with Gasteiger partial charge in [0.2, 0.25) is 0 Å². The van der Waals surface area contributed by atoms with Crippen molar-refractivity contribution in [2.75, 3.05) is 0 Å². The molecule has 0 amide bonds. The van der Waals surface area contributed by atoms with E-state index in [2.05, 4.69) is 5.18 Å². The van der Waals surface area contributed by atoms with Crippen LogP contribution < -0.4 is 0 Å². The molecule has 0 radical (unpaired) electrons. The predicted octanol–water partition coefficient (Wildman–Crippen LogP) is 3.51. The number of carbonyl (C=O) groups is 1. The molecule has 0 aliphatic heterocycles. The van der Waals surface area contributed by atoms with Crippen LogP contribution in [-0.2, 0) is 6.42 Å². The van der Waals surface area contributed by atoms with Crippen molar-refractivity contribution in [3.63, 3.8) is 0 Å². The lowest BCUT2D eigenvalue weighted by molar-refractivity contribution is 0.0993. The third-order valence-electron chi connectivity index (χ3n) is 2.50. The van der Waals surface area contributed by atoms with Crippen LogP contribution in [0, 0.1) is 4.91 Å². The first-order valence-corrected chi connectivity index (χ1v) is 5.30. The fourth-order valence-corrected chi connectivity index (χ4v) is 1.59. The molecular formula is C14H11NO2. The maximum atomic E-state index is 11.9. The maximum Gasteiger partial charge on any atom is 0.167 e. The van der Waals surface area contributed by atoms with E-state index in [1.807, 2.05) is 30.3 Å². The van der Waals surface area contributed by atoms with Crippen molar-refractivity contribution < 1.29 is 4.79 Å². The Morgan fingerprint density at radius 1 is 0.941 bits per heavy atom. The van der Waals surface area contributed by atoms with Crippen LogP contribution in [0.2, 0.25) is 0 Å². The van der Waals surface area contributed by atoms with Crippen LogP contribution in [0.5, 0.6) is 0 Å². The lowest BCUT2D eigenvalue weighted by atomic mass is 10.0. The van der Waals surface area contributed by atoms with Gasteiger partial charge in [0.05, 0.1) is 0 Å². The van der Waals surface area contributed by atoms with E-state index in [4.69, 9.17) is 0 Å². The monoisotopic (exact) mass is 225 g/mol. The minimum atomic E-state index is 0.0358. The summed E-state index contributed by atoms with van der Waals surface area (Å²) >= 11 is 0. The number of hydrogen-bond donors (Lipinski definition) is 0. The van der Waals surface area contributed by atoms with E-state index in [0.29, 0.717) is 17.7 Å². The molecule has 3 nitrogen and oxygen atoms in total. The molecule has 0 unspecified atom stereocenters. The fourth-order valence-electron chi connectivity index (χ4n) is 1.59. The van der Waals surface area contributed by atoms with Gasteiger partial charge in [-0.2, -0.15) is 0 Å². The van der Waals surface area contributed by atoms with E-state index in [-0.39, 0.29) is 5.78 Å². The van der Waals surface area contributed by atoms with E-state index in [1.165, 1.54) is 0 Å². The Hall–Kier alpha value is -2.29. The van der Waals surface area contributed by atoms with Crippen LogP contribution in [0.25, 0.3) is 0 Å². The molecule has 2 aromatic rings. The number of nitrogens with zero attached hydrogens (tertiary/aromatic N) is 1. The van der Waals surface area contributed by atoms with Gasteiger partial charge in [0.25, 0.3) is 0 Å². The van der Waals surface area contributed by atoms with E-state index in [1.54, 1.807) is 24.3 Å². The Labute approximate surface area is 99.1 Å². The Balaban J connectivity index is 2.12. The number of ketones is 1. The van der Waals surface area contributed by atoms with Crippen molar-refractivity contribution in [2.45, 2.75) is 6.42 Å². The summed E-state index contributed by atoms with van der Waals surface area (Å²) in [5, 5.41) is 2.79. The Morgan fingerprint density at radius 3 is 2.18 bits per heavy atom. The molecule has 0 bridgehead atoms. The third-order valence-corrected chi connectivity index (χ3v) is 2.50. The molecule has 17 heavy (non-hydrogen) atoms. The summed E-state index contributed by atoms with van der Waals surface area (Å²) in [7, 11) is 0. The molecule has 3 heteroatoms. The summed E-state index contributed by atoms with van der Waals surface area (Å²) in [6.07, 6.45) is 0.370. The zero-order valence-electron chi connectivity index (χ0n) is 9.17. The Bertz CT molecular complexity index is 518. The molecule has 0 aliphatic carbocycles. The van der Waals surface area contributed by atoms with Crippen molar-refractivity contribution in [1.82, 2.24) is 0 Å². The molecule has 0 N–H and O–H groups in total. The highest BCUT2D eigenvalue weighted by Gasteiger charge is 2.06. The molecule has 0 saturated heterocycles. The second kappa shape index (κ2) is 5.16. The van der Waals surface area contributed by atoms with Gasteiger partial charge in [0, 0.05) is 12.0 Å². The molecule has 0 heterocycles. The quantitative estimate of drug-likeness (QED) is 0.590. The minimum absolute atomic E-state index is 0.0358. The molecule has 84 valence electrons. The van der Waals surface area contributed by atoms with Gasteiger partial charge >= 0.3 is 0 Å². The van der Waals surface area contributed by atoms with Gasteiger partial charge < -0.3 is 0 Å². The second-order valence-corrected chi connectivity index (χ2v) is 3.72. The highest BCUT2D eigenvalue weighted by atomic mass is 16.3. The van der Waals surface area contributed by atoms with Gasteiger partial charge in [-0.15, -0.1) is 4.91 Å². The van der Waals surface area contributed by atoms with Gasteiger partial charge in [-0.3, -0.25) is 4.79 Å². The fraction of sp³-hybridized carbons (Fsp3) is 0.0714. The average Bonchev–Trinajstić information content (AvgIpc) is 2.40. The van der Waals surface area contributed by atoms with E-state index < -0.39 is 0 Å². The van der Waals surface area contributed by atoms with Gasteiger partial charge in [0.1, 0.15) is 5.69 Å². The zero-order chi connectivity index (χ0) is 12.1. The molecule has 0 saturated carbocycles. The standard InChI is InChI=1S/C14H11NO2/c16-14(10-11-4-2-1-3-5-11)12-6-8-13(15-17)9-7-12/h1-9H,10H2. The number of rotatable bonds is 4. The number of Topliss-reactive ketones (excluding diaryl/α,β-unsaturated/α-hetero) is 1. The molecule has 0 fully saturated rings. The molecule has 0 atom stereocenters. The minimum Gasteiger partial charge on any atom is -0.294 e. The van der Waals surface area contributed by atoms with Crippen LogP contribution in [0.3, 0.4) is 0 Å². The van der Waals surface area contributed by atoms with Crippen LogP contribution in [-0.4, -0.2) is 5.78 Å². The molecule has 2 aromatic carbocycles. The SMILES string of the molecule is O=Nc1ccc(C(=O)Cc2ccccc2)cc1. The van der Waals surface area contributed by atoms with Gasteiger partial charge in [0.15, 0.2) is 5.78 Å². The first-order chi connectivity index (χ1) is 8.29. The molecule has 0 aliphatic rings. The highest BCUT2D eigenvalue weighted by Crippen LogP contribution is 2.14. The number of hydrogen-bond acceptors (Lipinski definition) is 3. The summed E-state index contributed by atoms with van der Waals surface area (Å²) in [4.78, 5) is 22.1. The summed E-state index contributed by atoms with van der Waals surface area (Å²) in [6, 6.07) is 15.9. The lowest BCUT2D eigenvalue weighted by Gasteiger charge is -2.01. The summed E-state index contributed by atoms with van der Waals surface area (Å²) in [6.45, 7) is 0. The number of benzene rings is 2. The Kier molecular flexibility index (Phi) is 3.40. The summed E-state index contributed by atoms with van der Waals surface area (Å²) in [5.41, 5.74) is 1.91. The van der Waals surface area contributed by atoms with Crippen molar-refractivity contribution in [3.8, 4) is 0 Å². The van der Waals surface area contributed by atoms with Gasteiger partial charge in [-0.25, -0.2) is 0 Å². The van der Waals surface area contributed by atoms with E-state index in [0.717, 1.165) is 5.56 Å². The van der Waals surface area contributed by atoms with Gasteiger partial charge in [-0.1, -0.05) is 30.3 Å². The van der Waals surface area contributed by atoms with Crippen molar-refractivity contribution >= 4 is 11.5 Å². The van der Waals surface area contributed by atoms with Crippen molar-refractivity contribution in [2.24, 2.45) is 5.18 Å². The predicted molar refractivity (Wildman–Crippen MR) is 66.4 cm³/mol. The van der Waals surface area contributed by atoms with Crippen molar-refractivity contribution in [1.29, 1.82) is 0 Å². The first-order valence-electron chi connectivity index (χ1n) is 5.30. The van der Waals surface area contributed by atoms with E-state index >= 15 is 0 Å². The van der Waals surface area contributed by atoms with Gasteiger partial charge in [-0.05, 0) is 35.0 Å². The zero-order valence-corrected chi connectivity index (χ0v) is 9.17. The number of nitroso groups, excluding NO2 is 1. The average molecular weight is 225 g/mol. The smallest absolute Gasteiger partial charge is 0.167 e. The van der Waals surface area contributed by atoms with E-state index in [9.17, 15) is 9.70 Å². The maximum absolute atomic E-state index is 11.9. The Morgan fingerprint density at radius 2 is 1.59 bits per heavy atom. The first kappa shape index (κ1) is 11.2. The van der Waals surface area contributed by atoms with Crippen LogP contribution in [0.15, 0.2) is 59.8 Å². The molecular weight excluding hydrogens is 214 g/mol. The third kappa shape index (κ3) is 2.84.